The van der Waals surface area contributed by atoms with Gasteiger partial charge in [-0.2, -0.15) is 0 Å². The second-order valence-electron chi connectivity index (χ2n) is 4.34. The number of hydrogen-bond acceptors (Lipinski definition) is 5. The second-order valence-corrected chi connectivity index (χ2v) is 4.34. The van der Waals surface area contributed by atoms with E-state index in [0.717, 1.165) is 5.56 Å². The van der Waals surface area contributed by atoms with Crippen molar-refractivity contribution in [1.82, 2.24) is 4.98 Å². The lowest BCUT2D eigenvalue weighted by molar-refractivity contribution is -0.385. The number of aldehydes is 1. The first-order valence-corrected chi connectivity index (χ1v) is 5.86. The van der Waals surface area contributed by atoms with Crippen LogP contribution in [0.3, 0.4) is 0 Å². The van der Waals surface area contributed by atoms with Crippen LogP contribution in [0.2, 0.25) is 0 Å². The van der Waals surface area contributed by atoms with E-state index in [4.69, 9.17) is 4.74 Å². The van der Waals surface area contributed by atoms with Gasteiger partial charge in [-0.05, 0) is 31.0 Å². The maximum Gasteiger partial charge on any atom is 0.312 e. The number of pyridine rings is 1. The normalized spacial score (nSPS) is 10.1. The molecule has 1 aromatic carbocycles. The van der Waals surface area contributed by atoms with Gasteiger partial charge in [0.2, 0.25) is 11.6 Å². The number of ether oxygens (including phenoxy) is 1. The average Bonchev–Trinajstić information content (AvgIpc) is 2.42. The molecular weight excluding hydrogens is 260 g/mol. The maximum atomic E-state index is 11.1. The van der Waals surface area contributed by atoms with E-state index in [1.54, 1.807) is 19.9 Å². The van der Waals surface area contributed by atoms with Gasteiger partial charge < -0.3 is 4.74 Å². The fraction of sp³-hybridized carbons (Fsp3) is 0.143. The second kappa shape index (κ2) is 5.48. The SMILES string of the molecule is Cc1cc(C)c(Oc2ccc(C=O)cn2)c([N+](=O)[O-])c1. The van der Waals surface area contributed by atoms with Crippen molar-refractivity contribution in [2.75, 3.05) is 0 Å². The molecule has 0 atom stereocenters. The van der Waals surface area contributed by atoms with Crippen molar-refractivity contribution >= 4 is 12.0 Å². The monoisotopic (exact) mass is 272 g/mol. The molecule has 0 radical (unpaired) electrons. The zero-order chi connectivity index (χ0) is 14.7. The highest BCUT2D eigenvalue weighted by Gasteiger charge is 2.19. The molecule has 0 aliphatic heterocycles. The third kappa shape index (κ3) is 2.80. The first kappa shape index (κ1) is 13.7. The van der Waals surface area contributed by atoms with Crippen molar-refractivity contribution in [1.29, 1.82) is 0 Å². The molecule has 0 saturated heterocycles. The van der Waals surface area contributed by atoms with Crippen LogP contribution in [0, 0.1) is 24.0 Å². The molecule has 6 heteroatoms. The molecule has 0 N–H and O–H groups in total. The van der Waals surface area contributed by atoms with E-state index in [-0.39, 0.29) is 17.3 Å². The molecule has 0 bridgehead atoms. The summed E-state index contributed by atoms with van der Waals surface area (Å²) in [5.74, 6) is 0.359. The highest BCUT2D eigenvalue weighted by molar-refractivity contribution is 5.74. The Labute approximate surface area is 115 Å². The quantitative estimate of drug-likeness (QED) is 0.485. The number of benzene rings is 1. The Hall–Kier alpha value is -2.76. The molecule has 1 aromatic heterocycles. The van der Waals surface area contributed by atoms with Crippen LogP contribution in [0.5, 0.6) is 11.6 Å². The molecule has 2 rings (SSSR count). The highest BCUT2D eigenvalue weighted by Crippen LogP contribution is 2.34. The molecule has 20 heavy (non-hydrogen) atoms. The lowest BCUT2D eigenvalue weighted by Gasteiger charge is -2.09. The van der Waals surface area contributed by atoms with Crippen molar-refractivity contribution in [2.45, 2.75) is 13.8 Å². The van der Waals surface area contributed by atoms with E-state index in [0.29, 0.717) is 17.4 Å². The minimum atomic E-state index is -0.491. The number of nitrogens with zero attached hydrogens (tertiary/aromatic N) is 2. The summed E-state index contributed by atoms with van der Waals surface area (Å²) in [4.78, 5) is 25.1. The largest absolute Gasteiger partial charge is 0.432 e. The number of nitro benzene ring substituents is 1. The third-order valence-corrected chi connectivity index (χ3v) is 2.70. The number of carbonyl (C=O) groups excluding carboxylic acids is 1. The summed E-state index contributed by atoms with van der Waals surface area (Å²) in [6, 6.07) is 6.27. The van der Waals surface area contributed by atoms with Gasteiger partial charge in [-0.15, -0.1) is 0 Å². The van der Waals surface area contributed by atoms with E-state index >= 15 is 0 Å². The minimum absolute atomic E-state index is 0.108. The van der Waals surface area contributed by atoms with Crippen LogP contribution >= 0.6 is 0 Å². The average molecular weight is 272 g/mol. The Morgan fingerprint density at radius 3 is 2.60 bits per heavy atom. The minimum Gasteiger partial charge on any atom is -0.432 e. The Bertz CT molecular complexity index is 666. The first-order valence-electron chi connectivity index (χ1n) is 5.86. The third-order valence-electron chi connectivity index (χ3n) is 2.70. The van der Waals surface area contributed by atoms with E-state index < -0.39 is 4.92 Å². The first-order chi connectivity index (χ1) is 9.51. The Morgan fingerprint density at radius 2 is 2.05 bits per heavy atom. The van der Waals surface area contributed by atoms with Crippen molar-refractivity contribution in [3.8, 4) is 11.6 Å². The van der Waals surface area contributed by atoms with Crippen LogP contribution < -0.4 is 4.74 Å². The van der Waals surface area contributed by atoms with Gasteiger partial charge in [-0.25, -0.2) is 4.98 Å². The topological polar surface area (TPSA) is 82.3 Å². The predicted molar refractivity (Wildman–Crippen MR) is 72.3 cm³/mol. The van der Waals surface area contributed by atoms with Crippen molar-refractivity contribution < 1.29 is 14.5 Å². The molecule has 6 nitrogen and oxygen atoms in total. The fourth-order valence-corrected chi connectivity index (χ4v) is 1.83. The number of hydrogen-bond donors (Lipinski definition) is 0. The molecule has 2 aromatic rings. The van der Waals surface area contributed by atoms with Crippen LogP contribution in [-0.2, 0) is 0 Å². The zero-order valence-corrected chi connectivity index (χ0v) is 11.0. The maximum absolute atomic E-state index is 11.1. The summed E-state index contributed by atoms with van der Waals surface area (Å²) in [6.45, 7) is 3.51. The Kier molecular flexibility index (Phi) is 3.74. The van der Waals surface area contributed by atoms with E-state index in [1.165, 1.54) is 24.4 Å². The van der Waals surface area contributed by atoms with Crippen LogP contribution in [0.1, 0.15) is 21.5 Å². The number of nitro groups is 1. The molecule has 0 aliphatic carbocycles. The highest BCUT2D eigenvalue weighted by atomic mass is 16.6. The van der Waals surface area contributed by atoms with Gasteiger partial charge in [0.1, 0.15) is 0 Å². The van der Waals surface area contributed by atoms with Gasteiger partial charge in [0.25, 0.3) is 0 Å². The van der Waals surface area contributed by atoms with Gasteiger partial charge >= 0.3 is 5.69 Å². The van der Waals surface area contributed by atoms with Crippen LogP contribution in [0.4, 0.5) is 5.69 Å². The van der Waals surface area contributed by atoms with Gasteiger partial charge in [-0.1, -0.05) is 6.07 Å². The molecule has 102 valence electrons. The molecule has 0 aliphatic rings. The lowest BCUT2D eigenvalue weighted by Crippen LogP contribution is -1.98. The molecule has 0 fully saturated rings. The van der Waals surface area contributed by atoms with Crippen molar-refractivity contribution in [3.05, 3.63) is 57.3 Å². The smallest absolute Gasteiger partial charge is 0.312 e. The number of carbonyl (C=O) groups is 1. The van der Waals surface area contributed by atoms with Gasteiger partial charge in [-0.3, -0.25) is 14.9 Å². The van der Waals surface area contributed by atoms with Crippen molar-refractivity contribution in [2.24, 2.45) is 0 Å². The molecule has 1 heterocycles. The summed E-state index contributed by atoms with van der Waals surface area (Å²) < 4.78 is 5.49. The lowest BCUT2D eigenvalue weighted by atomic mass is 10.1. The summed E-state index contributed by atoms with van der Waals surface area (Å²) in [6.07, 6.45) is 2.01. The van der Waals surface area contributed by atoms with Crippen LogP contribution in [0.15, 0.2) is 30.5 Å². The summed E-state index contributed by atoms with van der Waals surface area (Å²) >= 11 is 0. The Balaban J connectivity index is 2.41. The molecule has 0 saturated carbocycles. The van der Waals surface area contributed by atoms with E-state index in [9.17, 15) is 14.9 Å². The summed E-state index contributed by atoms with van der Waals surface area (Å²) in [5.41, 5.74) is 1.74. The zero-order valence-electron chi connectivity index (χ0n) is 11.0. The van der Waals surface area contributed by atoms with Crippen LogP contribution in [-0.4, -0.2) is 16.2 Å². The van der Waals surface area contributed by atoms with E-state index in [1.807, 2.05) is 0 Å². The molecule has 0 spiro atoms. The number of aryl methyl sites for hydroxylation is 2. The number of rotatable bonds is 4. The summed E-state index contributed by atoms with van der Waals surface area (Å²) in [5, 5.41) is 11.1. The van der Waals surface area contributed by atoms with Gasteiger partial charge in [0, 0.05) is 23.9 Å². The predicted octanol–water partition coefficient (Wildman–Crippen LogP) is 3.21. The fourth-order valence-electron chi connectivity index (χ4n) is 1.83. The van der Waals surface area contributed by atoms with Gasteiger partial charge in [0.15, 0.2) is 6.29 Å². The van der Waals surface area contributed by atoms with Crippen LogP contribution in [0.25, 0.3) is 0 Å². The molecule has 0 amide bonds. The Morgan fingerprint density at radius 1 is 1.30 bits per heavy atom. The number of aromatic nitrogens is 1. The molecule has 0 unspecified atom stereocenters. The summed E-state index contributed by atoms with van der Waals surface area (Å²) in [7, 11) is 0. The standard InChI is InChI=1S/C14H12N2O4/c1-9-5-10(2)14(12(6-9)16(18)19)20-13-4-3-11(8-17)7-15-13/h3-8H,1-2H3. The van der Waals surface area contributed by atoms with E-state index in [2.05, 4.69) is 4.98 Å². The van der Waals surface area contributed by atoms with Gasteiger partial charge in [0.05, 0.1) is 4.92 Å². The van der Waals surface area contributed by atoms with Crippen molar-refractivity contribution in [3.63, 3.8) is 0 Å². The molecular formula is C14H12N2O4.